The number of fused-ring (bicyclic) bond motifs is 1. The van der Waals surface area contributed by atoms with E-state index in [-0.39, 0.29) is 17.8 Å². The van der Waals surface area contributed by atoms with Crippen LogP contribution in [0.4, 0.5) is 4.39 Å². The van der Waals surface area contributed by atoms with E-state index in [1.165, 1.54) is 6.07 Å². The molecule has 2 fully saturated rings. The summed E-state index contributed by atoms with van der Waals surface area (Å²) in [6.07, 6.45) is 0.338. The Hall–Kier alpha value is -2.35. The highest BCUT2D eigenvalue weighted by molar-refractivity contribution is 5.77. The Morgan fingerprint density at radius 2 is 2.28 bits per heavy atom. The second-order valence-corrected chi connectivity index (χ2v) is 6.83. The van der Waals surface area contributed by atoms with Gasteiger partial charge >= 0.3 is 0 Å². The number of hydrogen-bond donors (Lipinski definition) is 1. The molecule has 0 aliphatic carbocycles. The van der Waals surface area contributed by atoms with Crippen molar-refractivity contribution in [3.05, 3.63) is 41.5 Å². The van der Waals surface area contributed by atoms with Crippen molar-refractivity contribution in [1.29, 1.82) is 0 Å². The lowest BCUT2D eigenvalue weighted by Crippen LogP contribution is -2.35. The van der Waals surface area contributed by atoms with Gasteiger partial charge in [-0.25, -0.2) is 9.07 Å². The number of nitrogens with zero attached hydrogens (tertiary/aromatic N) is 5. The van der Waals surface area contributed by atoms with E-state index in [9.17, 15) is 9.18 Å². The van der Waals surface area contributed by atoms with Crippen LogP contribution in [0.2, 0.25) is 0 Å². The van der Waals surface area contributed by atoms with E-state index in [1.807, 2.05) is 17.9 Å². The Morgan fingerprint density at radius 1 is 1.40 bits per heavy atom. The summed E-state index contributed by atoms with van der Waals surface area (Å²) in [7, 11) is 0. The number of rotatable bonds is 4. The minimum absolute atomic E-state index is 0.0681. The maximum atomic E-state index is 13.7. The number of benzene rings is 1. The van der Waals surface area contributed by atoms with Crippen LogP contribution in [0.1, 0.15) is 23.9 Å². The molecule has 1 N–H and O–H groups in total. The molecule has 2 saturated heterocycles. The topological polar surface area (TPSA) is 75.9 Å². The Morgan fingerprint density at radius 3 is 3.04 bits per heavy atom. The maximum absolute atomic E-state index is 13.7. The Bertz CT molecular complexity index is 778. The van der Waals surface area contributed by atoms with Gasteiger partial charge in [0.2, 0.25) is 5.91 Å². The molecule has 1 aromatic heterocycles. The molecule has 4 rings (SSSR count). The molecule has 0 radical (unpaired) electrons. The van der Waals surface area contributed by atoms with Crippen molar-refractivity contribution in [3.8, 4) is 0 Å². The number of carbonyl (C=O) groups excluding carboxylic acids is 1. The molecule has 2 aliphatic heterocycles. The highest BCUT2D eigenvalue weighted by Crippen LogP contribution is 2.43. The van der Waals surface area contributed by atoms with E-state index in [0.717, 1.165) is 18.7 Å². The highest BCUT2D eigenvalue weighted by Gasteiger charge is 2.46. The van der Waals surface area contributed by atoms with Gasteiger partial charge in [0.1, 0.15) is 11.6 Å². The average molecular weight is 344 g/mol. The van der Waals surface area contributed by atoms with Gasteiger partial charge in [-0.05, 0) is 41.0 Å². The monoisotopic (exact) mass is 344 g/mol. The van der Waals surface area contributed by atoms with Crippen LogP contribution in [0.3, 0.4) is 0 Å². The third kappa shape index (κ3) is 3.02. The third-order valence-corrected chi connectivity index (χ3v) is 5.32. The van der Waals surface area contributed by atoms with Gasteiger partial charge in [0.15, 0.2) is 0 Å². The lowest BCUT2D eigenvalue weighted by molar-refractivity contribution is -0.133. The molecule has 1 aromatic carbocycles. The molecule has 2 aliphatic rings. The molecule has 2 aromatic rings. The molecule has 0 spiro atoms. The van der Waals surface area contributed by atoms with Gasteiger partial charge in [-0.2, -0.15) is 0 Å². The molecule has 0 bridgehead atoms. The van der Waals surface area contributed by atoms with Crippen LogP contribution in [-0.4, -0.2) is 50.6 Å². The third-order valence-electron chi connectivity index (χ3n) is 5.32. The minimum Gasteiger partial charge on any atom is -0.335 e. The lowest BCUT2D eigenvalue weighted by atomic mass is 9.89. The Labute approximate surface area is 145 Å². The van der Waals surface area contributed by atoms with Crippen molar-refractivity contribution in [3.63, 3.8) is 0 Å². The first-order valence-electron chi connectivity index (χ1n) is 8.62. The zero-order valence-corrected chi connectivity index (χ0v) is 14.1. The second kappa shape index (κ2) is 6.51. The lowest BCUT2D eigenvalue weighted by Gasteiger charge is -2.28. The van der Waals surface area contributed by atoms with Crippen molar-refractivity contribution in [2.75, 3.05) is 19.6 Å². The van der Waals surface area contributed by atoms with E-state index in [2.05, 4.69) is 20.8 Å². The van der Waals surface area contributed by atoms with E-state index < -0.39 is 0 Å². The predicted molar refractivity (Wildman–Crippen MR) is 87.9 cm³/mol. The number of halogens is 1. The molecule has 7 nitrogen and oxygen atoms in total. The molecule has 8 heteroatoms. The zero-order valence-electron chi connectivity index (χ0n) is 14.1. The molecule has 25 heavy (non-hydrogen) atoms. The van der Waals surface area contributed by atoms with Gasteiger partial charge in [0, 0.05) is 32.0 Å². The minimum atomic E-state index is -0.261. The van der Waals surface area contributed by atoms with Crippen LogP contribution in [0.25, 0.3) is 0 Å². The normalized spacial score (nSPS) is 25.4. The van der Waals surface area contributed by atoms with Crippen molar-refractivity contribution in [2.24, 2.45) is 11.8 Å². The summed E-state index contributed by atoms with van der Waals surface area (Å²) in [5, 5.41) is 14.7. The highest BCUT2D eigenvalue weighted by atomic mass is 19.1. The summed E-state index contributed by atoms with van der Waals surface area (Å²) in [5.41, 5.74) is 0.878. The number of likely N-dealkylation sites (tertiary alicyclic amines) is 1. The first-order chi connectivity index (χ1) is 12.1. The zero-order chi connectivity index (χ0) is 17.4. The molecular weight excluding hydrogens is 323 g/mol. The fourth-order valence-electron chi connectivity index (χ4n) is 4.10. The quantitative estimate of drug-likeness (QED) is 0.893. The number of nitrogens with one attached hydrogen (secondary N) is 1. The number of tetrazole rings is 1. The van der Waals surface area contributed by atoms with Crippen LogP contribution in [0.5, 0.6) is 0 Å². The van der Waals surface area contributed by atoms with Crippen LogP contribution < -0.4 is 5.32 Å². The molecule has 132 valence electrons. The molecular formula is C17H21FN6O. The molecule has 0 unspecified atom stereocenters. The van der Waals surface area contributed by atoms with E-state index in [4.69, 9.17) is 0 Å². The van der Waals surface area contributed by atoms with Gasteiger partial charge in [0.25, 0.3) is 0 Å². The van der Waals surface area contributed by atoms with Gasteiger partial charge in [-0.15, -0.1) is 5.10 Å². The molecule has 0 saturated carbocycles. The van der Waals surface area contributed by atoms with Gasteiger partial charge in [0.05, 0.1) is 12.6 Å². The van der Waals surface area contributed by atoms with Crippen LogP contribution in [0.15, 0.2) is 24.3 Å². The predicted octanol–water partition coefficient (Wildman–Crippen LogP) is 0.930. The van der Waals surface area contributed by atoms with Crippen molar-refractivity contribution >= 4 is 5.91 Å². The first kappa shape index (κ1) is 16.1. The molecule has 1 amide bonds. The van der Waals surface area contributed by atoms with E-state index >= 15 is 0 Å². The number of carbonyl (C=O) groups is 1. The van der Waals surface area contributed by atoms with Gasteiger partial charge < -0.3 is 10.2 Å². The average Bonchev–Trinajstić information content (AvgIpc) is 3.28. The van der Waals surface area contributed by atoms with Crippen LogP contribution in [0, 0.1) is 24.6 Å². The number of aryl methyl sites for hydroxylation is 2. The largest absolute Gasteiger partial charge is 0.335 e. The molecule has 3 atom stereocenters. The van der Waals surface area contributed by atoms with Crippen molar-refractivity contribution in [1.82, 2.24) is 30.4 Å². The fourth-order valence-corrected chi connectivity index (χ4v) is 4.10. The Balaban J connectivity index is 1.54. The summed E-state index contributed by atoms with van der Waals surface area (Å²) in [6, 6.07) is 6.55. The number of hydrogen-bond acceptors (Lipinski definition) is 5. The van der Waals surface area contributed by atoms with Gasteiger partial charge in [-0.1, -0.05) is 12.1 Å². The SMILES string of the molecule is Cc1nnnn1CCC(=O)N1C[C@@H]2CNC[C@@H]2[C@H]1c1cccc(F)c1. The summed E-state index contributed by atoms with van der Waals surface area (Å²) in [5.74, 6) is 1.26. The molecule has 3 heterocycles. The van der Waals surface area contributed by atoms with E-state index in [1.54, 1.807) is 16.8 Å². The van der Waals surface area contributed by atoms with Crippen molar-refractivity contribution < 1.29 is 9.18 Å². The second-order valence-electron chi connectivity index (χ2n) is 6.83. The number of amides is 1. The van der Waals surface area contributed by atoms with Gasteiger partial charge in [-0.3, -0.25) is 4.79 Å². The smallest absolute Gasteiger partial charge is 0.224 e. The van der Waals surface area contributed by atoms with Crippen molar-refractivity contribution in [2.45, 2.75) is 25.9 Å². The maximum Gasteiger partial charge on any atom is 0.224 e. The van der Waals surface area contributed by atoms with Crippen LogP contribution >= 0.6 is 0 Å². The fraction of sp³-hybridized carbons (Fsp3) is 0.529. The Kier molecular flexibility index (Phi) is 4.20. The summed E-state index contributed by atoms with van der Waals surface area (Å²) in [6.45, 7) is 4.75. The van der Waals surface area contributed by atoms with Crippen LogP contribution in [-0.2, 0) is 11.3 Å². The first-order valence-corrected chi connectivity index (χ1v) is 8.62. The number of aromatic nitrogens is 4. The standard InChI is InChI=1S/C17H21FN6O/c1-11-20-21-22-24(11)6-5-16(25)23-10-13-8-19-9-15(13)17(23)12-3-2-4-14(18)7-12/h2-4,7,13,15,17,19H,5-6,8-10H2,1H3/t13-,15-,17+/m0/s1. The summed E-state index contributed by atoms with van der Waals surface area (Å²) < 4.78 is 15.4. The summed E-state index contributed by atoms with van der Waals surface area (Å²) >= 11 is 0. The summed E-state index contributed by atoms with van der Waals surface area (Å²) in [4.78, 5) is 14.8. The van der Waals surface area contributed by atoms with E-state index in [0.29, 0.717) is 37.2 Å².